The minimum atomic E-state index is -1.81. The predicted octanol–water partition coefficient (Wildman–Crippen LogP) is 19.3. The topological polar surface area (TPSA) is 361 Å². The molecular formula is C102H70N10O20. The van der Waals surface area contributed by atoms with E-state index in [1.807, 2.05) is 48.5 Å². The summed E-state index contributed by atoms with van der Waals surface area (Å²) in [7, 11) is 0. The summed E-state index contributed by atoms with van der Waals surface area (Å²) < 4.78 is 89.6. The lowest BCUT2D eigenvalue weighted by molar-refractivity contribution is -0.121. The maximum atomic E-state index is 16.9. The van der Waals surface area contributed by atoms with Crippen molar-refractivity contribution < 1.29 is 94.4 Å². The fourth-order valence-electron chi connectivity index (χ4n) is 16.9. The van der Waals surface area contributed by atoms with Crippen molar-refractivity contribution in [3.63, 3.8) is 0 Å². The highest BCUT2D eigenvalue weighted by atomic mass is 16.6. The standard InChI is InChI=1S/C102H70N10O20/c113-97(109-59-25-29-103-30-26-59)95(77-3-1-37-119-77)111-99(115)73-47-79(125-61-5-13-65(14-6-61)129-83-43-55(21-33-105-83)39-69-51-121-69)89-91-81(127-63-9-17-67(18-10-63)131-85-45-57(23-35-107-85)41-71-53-123-71)49-75-88-76(102(118)112(101(75)117)96(78-4-2-38-120-78)98(114)110-60-27-31-104-32-28-60)50-82(128-64-11-19-68(20-12-64)132-86-46-58(24-36-108-86)42-72-54-124-72)92(94(88)91)90-80(48-74(100(111)116)87(73)93(89)90)126-62-7-15-66(16-8-62)130-84-44-56(22-34-106-84)40-70-52-122-70/h1-38,43-50,69-72,95-96H,39-42,51-54H2,(H,103,109,113)(H,104,110,114). The van der Waals surface area contributed by atoms with Crippen LogP contribution >= 0.6 is 0 Å². The number of epoxide rings is 4. The number of carbonyl (C=O) groups is 6. The van der Waals surface area contributed by atoms with Gasteiger partial charge in [-0.05, 0) is 216 Å². The van der Waals surface area contributed by atoms with Crippen molar-refractivity contribution in [3.05, 3.63) is 337 Å². The van der Waals surface area contributed by atoms with Crippen LogP contribution in [0.4, 0.5) is 11.4 Å². The molecule has 9 aromatic carbocycles. The van der Waals surface area contributed by atoms with E-state index in [9.17, 15) is 0 Å². The molecule has 17 aromatic rings. The van der Waals surface area contributed by atoms with Crippen LogP contribution in [0, 0.1) is 0 Å². The Kier molecular flexibility index (Phi) is 20.2. The zero-order valence-corrected chi connectivity index (χ0v) is 69.4. The highest BCUT2D eigenvalue weighted by Crippen LogP contribution is 2.59. The molecule has 23 rings (SSSR count). The second kappa shape index (κ2) is 33.4. The van der Waals surface area contributed by atoms with Crippen LogP contribution in [-0.4, -0.2) is 126 Å². The fraction of sp³-hybridized carbons (Fsp3) is 0.137. The molecule has 648 valence electrons. The number of ether oxygens (including phenoxy) is 12. The van der Waals surface area contributed by atoms with Crippen molar-refractivity contribution in [2.24, 2.45) is 0 Å². The van der Waals surface area contributed by atoms with Gasteiger partial charge < -0.3 is 76.3 Å². The van der Waals surface area contributed by atoms with Gasteiger partial charge in [0, 0.05) is 154 Å². The third-order valence-electron chi connectivity index (χ3n) is 23.3. The van der Waals surface area contributed by atoms with Gasteiger partial charge in [0.05, 0.1) is 85.6 Å². The molecule has 14 heterocycles. The van der Waals surface area contributed by atoms with Gasteiger partial charge in [-0.2, -0.15) is 0 Å². The molecule has 6 atom stereocenters. The predicted molar refractivity (Wildman–Crippen MR) is 474 cm³/mol. The summed E-state index contributed by atoms with van der Waals surface area (Å²) in [6, 6.07) is 56.0. The van der Waals surface area contributed by atoms with Gasteiger partial charge in [0.25, 0.3) is 35.4 Å². The van der Waals surface area contributed by atoms with Crippen LogP contribution in [0.2, 0.25) is 0 Å². The number of anilines is 2. The van der Waals surface area contributed by atoms with Gasteiger partial charge in [0.15, 0.2) is 12.1 Å². The third kappa shape index (κ3) is 16.1. The van der Waals surface area contributed by atoms with E-state index >= 15 is 28.8 Å². The number of fused-ring (bicyclic) bond motifs is 2. The zero-order chi connectivity index (χ0) is 88.6. The van der Waals surface area contributed by atoms with Crippen LogP contribution in [0.5, 0.6) is 92.5 Å². The van der Waals surface area contributed by atoms with Crippen molar-refractivity contribution >= 4 is 89.9 Å². The van der Waals surface area contributed by atoms with E-state index in [0.717, 1.165) is 32.1 Å². The third-order valence-corrected chi connectivity index (χ3v) is 23.3. The van der Waals surface area contributed by atoms with Crippen molar-refractivity contribution in [2.75, 3.05) is 37.1 Å². The number of nitrogens with zero attached hydrogens (tertiary/aromatic N) is 8. The van der Waals surface area contributed by atoms with E-state index in [2.05, 4.69) is 40.5 Å². The van der Waals surface area contributed by atoms with Gasteiger partial charge >= 0.3 is 0 Å². The first-order chi connectivity index (χ1) is 64.8. The number of imide groups is 2. The number of amides is 6. The molecule has 6 aliphatic rings. The molecule has 6 aliphatic heterocycles. The Labute approximate surface area is 748 Å². The number of benzene rings is 9. The molecule has 0 radical (unpaired) electrons. The maximum absolute atomic E-state index is 16.9. The molecule has 0 spiro atoms. The minimum absolute atomic E-state index is 0.0144. The summed E-state index contributed by atoms with van der Waals surface area (Å²) >= 11 is 0. The van der Waals surface area contributed by atoms with Crippen molar-refractivity contribution in [3.8, 4) is 92.5 Å². The van der Waals surface area contributed by atoms with E-state index in [0.29, 0.717) is 98.6 Å². The summed E-state index contributed by atoms with van der Waals surface area (Å²) in [5.41, 5.74) is 3.70. The lowest BCUT2D eigenvalue weighted by atomic mass is 9.80. The quantitative estimate of drug-likeness (QED) is 0.0171. The zero-order valence-electron chi connectivity index (χ0n) is 69.4. The van der Waals surface area contributed by atoms with Gasteiger partial charge in [-0.15, -0.1) is 0 Å². The Hall–Kier alpha value is -16.8. The monoisotopic (exact) mass is 1750 g/mol. The molecule has 6 unspecified atom stereocenters. The van der Waals surface area contributed by atoms with E-state index in [1.54, 1.807) is 146 Å². The second-order valence-corrected chi connectivity index (χ2v) is 32.3. The van der Waals surface area contributed by atoms with Crippen LogP contribution in [-0.2, 0) is 54.2 Å². The number of hydrogen-bond acceptors (Lipinski definition) is 26. The van der Waals surface area contributed by atoms with Gasteiger partial charge in [0.1, 0.15) is 80.5 Å². The Balaban J connectivity index is 0.782. The Morgan fingerprint density at radius 1 is 0.311 bits per heavy atom. The van der Waals surface area contributed by atoms with E-state index in [1.165, 1.54) is 85.8 Å². The lowest BCUT2D eigenvalue weighted by Gasteiger charge is -2.35. The molecule has 30 heteroatoms. The number of aromatic nitrogens is 6. The molecule has 0 aliphatic carbocycles. The molecular weight excluding hydrogens is 1690 g/mol. The highest BCUT2D eigenvalue weighted by molar-refractivity contribution is 6.45. The average Bonchev–Trinajstić information content (AvgIpc) is 1.04. The lowest BCUT2D eigenvalue weighted by Crippen LogP contribution is -2.47. The number of nitrogens with one attached hydrogen (secondary N) is 2. The number of hydrogen-bond donors (Lipinski definition) is 2. The largest absolute Gasteiger partial charge is 0.467 e. The molecule has 30 nitrogen and oxygen atoms in total. The normalized spacial score (nSPS) is 16.7. The van der Waals surface area contributed by atoms with Crippen LogP contribution in [0.3, 0.4) is 0 Å². The summed E-state index contributed by atoms with van der Waals surface area (Å²) in [6.07, 6.45) is 18.2. The molecule has 0 bridgehead atoms. The van der Waals surface area contributed by atoms with E-state index < -0.39 is 47.5 Å². The van der Waals surface area contributed by atoms with Crippen LogP contribution in [0.15, 0.2) is 289 Å². The summed E-state index contributed by atoms with van der Waals surface area (Å²) in [4.78, 5) is 126. The second-order valence-electron chi connectivity index (χ2n) is 32.3. The van der Waals surface area contributed by atoms with E-state index in [-0.39, 0.29) is 159 Å². The summed E-state index contributed by atoms with van der Waals surface area (Å²) in [6.45, 7) is 2.60. The van der Waals surface area contributed by atoms with Crippen molar-refractivity contribution in [2.45, 2.75) is 62.2 Å². The van der Waals surface area contributed by atoms with Crippen molar-refractivity contribution in [1.29, 1.82) is 0 Å². The average molecular weight is 1760 g/mol. The first-order valence-corrected chi connectivity index (χ1v) is 42.5. The molecule has 4 saturated heterocycles. The van der Waals surface area contributed by atoms with Gasteiger partial charge in [-0.25, -0.2) is 19.9 Å². The molecule has 8 aromatic heterocycles. The van der Waals surface area contributed by atoms with Gasteiger partial charge in [-0.3, -0.25) is 48.5 Å². The molecule has 6 amide bonds. The SMILES string of the molecule is O=C(Nc1ccncc1)C(c1ccco1)N1C(=O)c2cc(Oc3ccc(Oc4cc(CC5CO5)ccn4)cc3)c3c4c(Oc5ccc(Oc6cc(CC7CO7)ccn6)cc5)cc5c6c(cc(Oc7ccc(Oc8cc(CC9CO9)ccn8)cc7)c(c7c(Oc8ccc(Oc9cc(CC%10CO%10)ccn9)cc8)cc(c2c37)C1=O)c64)C(=O)N(C(C(=O)Nc1ccncc1)c1ccco1)C5=O. The first kappa shape index (κ1) is 79.8. The van der Waals surface area contributed by atoms with Gasteiger partial charge in [0.2, 0.25) is 23.5 Å². The summed E-state index contributed by atoms with van der Waals surface area (Å²) in [5, 5.41) is 6.39. The number of rotatable bonds is 32. The van der Waals surface area contributed by atoms with Crippen LogP contribution < -0.4 is 48.5 Å². The first-order valence-electron chi connectivity index (χ1n) is 42.5. The maximum Gasteiger partial charge on any atom is 0.262 e. The summed E-state index contributed by atoms with van der Waals surface area (Å²) in [5.74, 6) is -2.90. The molecule has 2 N–H and O–H groups in total. The molecule has 132 heavy (non-hydrogen) atoms. The van der Waals surface area contributed by atoms with Crippen LogP contribution in [0.1, 0.15) is 87.3 Å². The number of pyridine rings is 6. The fourth-order valence-corrected chi connectivity index (χ4v) is 16.9. The minimum Gasteiger partial charge on any atom is -0.467 e. The molecule has 0 saturated carbocycles. The number of furan rings is 2. The highest BCUT2D eigenvalue weighted by Gasteiger charge is 2.49. The van der Waals surface area contributed by atoms with E-state index in [4.69, 9.17) is 65.7 Å². The molecule has 4 fully saturated rings. The van der Waals surface area contributed by atoms with Gasteiger partial charge in [-0.1, -0.05) is 0 Å². The Bertz CT molecular complexity index is 6630. The van der Waals surface area contributed by atoms with Crippen LogP contribution in [0.25, 0.3) is 43.1 Å². The Morgan fingerprint density at radius 3 is 0.795 bits per heavy atom. The smallest absolute Gasteiger partial charge is 0.262 e. The Morgan fingerprint density at radius 2 is 0.561 bits per heavy atom. The van der Waals surface area contributed by atoms with Crippen molar-refractivity contribution in [1.82, 2.24) is 39.7 Å². The number of carbonyl (C=O) groups excluding carboxylic acids is 6.